The molecular weight excluding hydrogens is 364 g/mol. The summed E-state index contributed by atoms with van der Waals surface area (Å²) in [6, 6.07) is 6.53. The van der Waals surface area contributed by atoms with Crippen molar-refractivity contribution in [1.82, 2.24) is 10.6 Å². The van der Waals surface area contributed by atoms with E-state index in [1.165, 1.54) is 0 Å². The van der Waals surface area contributed by atoms with Gasteiger partial charge in [0.25, 0.3) is 11.8 Å². The van der Waals surface area contributed by atoms with Gasteiger partial charge in [-0.1, -0.05) is 6.07 Å². The zero-order chi connectivity index (χ0) is 20.8. The Bertz CT molecular complexity index is 545. The molecule has 0 unspecified atom stereocenters. The first-order valence-electron chi connectivity index (χ1n) is 9.45. The van der Waals surface area contributed by atoms with Gasteiger partial charge in [0.05, 0.1) is 25.4 Å². The topological polar surface area (TPSA) is 95.1 Å². The van der Waals surface area contributed by atoms with Crippen LogP contribution in [0.15, 0.2) is 24.3 Å². The van der Waals surface area contributed by atoms with Gasteiger partial charge in [-0.2, -0.15) is 0 Å². The minimum absolute atomic E-state index is 0.100. The van der Waals surface area contributed by atoms with Gasteiger partial charge >= 0.3 is 0 Å². The molecule has 0 aliphatic heterocycles. The molecule has 1 aromatic rings. The SMILES string of the molecule is CC(C)OCOCCNC(=O)c1cccc(C(=O)NCCOCOC(C)C)c1. The van der Waals surface area contributed by atoms with Crippen molar-refractivity contribution in [2.75, 3.05) is 39.9 Å². The van der Waals surface area contributed by atoms with Crippen molar-refractivity contribution in [2.24, 2.45) is 0 Å². The van der Waals surface area contributed by atoms with Crippen molar-refractivity contribution in [1.29, 1.82) is 0 Å². The molecule has 0 fully saturated rings. The molecule has 8 nitrogen and oxygen atoms in total. The summed E-state index contributed by atoms with van der Waals surface area (Å²) in [6.45, 7) is 9.46. The van der Waals surface area contributed by atoms with Crippen LogP contribution in [0.25, 0.3) is 0 Å². The maximum absolute atomic E-state index is 12.2. The molecule has 0 spiro atoms. The Morgan fingerprint density at radius 1 is 0.821 bits per heavy atom. The molecule has 2 amide bonds. The maximum atomic E-state index is 12.2. The van der Waals surface area contributed by atoms with Crippen LogP contribution in [0.4, 0.5) is 0 Å². The minimum Gasteiger partial charge on any atom is -0.354 e. The minimum atomic E-state index is -0.266. The average Bonchev–Trinajstić information content (AvgIpc) is 2.66. The Morgan fingerprint density at radius 2 is 1.25 bits per heavy atom. The van der Waals surface area contributed by atoms with Crippen molar-refractivity contribution in [2.45, 2.75) is 39.9 Å². The van der Waals surface area contributed by atoms with Crippen LogP contribution in [0.3, 0.4) is 0 Å². The van der Waals surface area contributed by atoms with Crippen LogP contribution in [0.1, 0.15) is 48.4 Å². The Kier molecular flexibility index (Phi) is 12.1. The number of carbonyl (C=O) groups is 2. The number of hydrogen-bond acceptors (Lipinski definition) is 6. The molecule has 158 valence electrons. The summed E-state index contributed by atoms with van der Waals surface area (Å²) in [5, 5.41) is 5.49. The van der Waals surface area contributed by atoms with Crippen LogP contribution in [-0.2, 0) is 18.9 Å². The van der Waals surface area contributed by atoms with E-state index < -0.39 is 0 Å². The summed E-state index contributed by atoms with van der Waals surface area (Å²) in [6.07, 6.45) is 0.201. The van der Waals surface area contributed by atoms with E-state index >= 15 is 0 Å². The normalized spacial score (nSPS) is 11.1. The summed E-state index contributed by atoms with van der Waals surface area (Å²) < 4.78 is 21.0. The third kappa shape index (κ3) is 11.0. The van der Waals surface area contributed by atoms with Crippen LogP contribution in [0.2, 0.25) is 0 Å². The first kappa shape index (κ1) is 24.0. The number of nitrogens with one attached hydrogen (secondary N) is 2. The van der Waals surface area contributed by atoms with Crippen LogP contribution in [0.5, 0.6) is 0 Å². The molecule has 28 heavy (non-hydrogen) atoms. The van der Waals surface area contributed by atoms with Gasteiger partial charge in [0.1, 0.15) is 13.6 Å². The summed E-state index contributed by atoms with van der Waals surface area (Å²) in [5.41, 5.74) is 0.820. The second kappa shape index (κ2) is 14.1. The summed E-state index contributed by atoms with van der Waals surface area (Å²) in [4.78, 5) is 24.4. The summed E-state index contributed by atoms with van der Waals surface area (Å²) in [5.74, 6) is -0.533. The van der Waals surface area contributed by atoms with Crippen LogP contribution >= 0.6 is 0 Å². The fraction of sp³-hybridized carbons (Fsp3) is 0.600. The largest absolute Gasteiger partial charge is 0.354 e. The predicted octanol–water partition coefficient (Wildman–Crippen LogP) is 1.94. The zero-order valence-electron chi connectivity index (χ0n) is 17.2. The van der Waals surface area contributed by atoms with Crippen molar-refractivity contribution in [3.8, 4) is 0 Å². The highest BCUT2D eigenvalue weighted by Gasteiger charge is 2.10. The zero-order valence-corrected chi connectivity index (χ0v) is 17.2. The molecule has 0 saturated carbocycles. The quantitative estimate of drug-likeness (QED) is 0.369. The fourth-order valence-corrected chi connectivity index (χ4v) is 1.97. The van der Waals surface area contributed by atoms with E-state index in [-0.39, 0.29) is 37.6 Å². The van der Waals surface area contributed by atoms with Crippen molar-refractivity contribution >= 4 is 11.8 Å². The molecular formula is C20H32N2O6. The van der Waals surface area contributed by atoms with E-state index in [4.69, 9.17) is 18.9 Å². The van der Waals surface area contributed by atoms with E-state index in [9.17, 15) is 9.59 Å². The third-order valence-electron chi connectivity index (χ3n) is 3.42. The van der Waals surface area contributed by atoms with Crippen LogP contribution in [0, 0.1) is 0 Å². The highest BCUT2D eigenvalue weighted by molar-refractivity contribution is 5.99. The van der Waals surface area contributed by atoms with Crippen molar-refractivity contribution in [3.05, 3.63) is 35.4 Å². The van der Waals surface area contributed by atoms with Gasteiger partial charge in [-0.25, -0.2) is 0 Å². The number of benzene rings is 1. The van der Waals surface area contributed by atoms with E-state index in [2.05, 4.69) is 10.6 Å². The van der Waals surface area contributed by atoms with Crippen LogP contribution in [-0.4, -0.2) is 63.9 Å². The Morgan fingerprint density at radius 3 is 1.64 bits per heavy atom. The Hall–Kier alpha value is -2.00. The molecule has 0 bridgehead atoms. The molecule has 0 aromatic heterocycles. The summed E-state index contributed by atoms with van der Waals surface area (Å²) >= 11 is 0. The number of ether oxygens (including phenoxy) is 4. The highest BCUT2D eigenvalue weighted by atomic mass is 16.7. The van der Waals surface area contributed by atoms with Gasteiger partial charge in [-0.05, 0) is 45.9 Å². The lowest BCUT2D eigenvalue weighted by Crippen LogP contribution is -2.29. The number of amides is 2. The molecule has 0 heterocycles. The Labute approximate surface area is 166 Å². The van der Waals surface area contributed by atoms with E-state index in [1.54, 1.807) is 24.3 Å². The van der Waals surface area contributed by atoms with Gasteiger partial charge in [-0.15, -0.1) is 0 Å². The third-order valence-corrected chi connectivity index (χ3v) is 3.42. The first-order valence-corrected chi connectivity index (χ1v) is 9.45. The molecule has 1 rings (SSSR count). The molecule has 0 aliphatic rings. The van der Waals surface area contributed by atoms with Gasteiger partial charge < -0.3 is 29.6 Å². The molecule has 0 atom stereocenters. The predicted molar refractivity (Wildman–Crippen MR) is 105 cm³/mol. The molecule has 8 heteroatoms. The first-order chi connectivity index (χ1) is 13.4. The lowest BCUT2D eigenvalue weighted by Gasteiger charge is -2.10. The molecule has 1 aromatic carbocycles. The van der Waals surface area contributed by atoms with Gasteiger partial charge in [-0.3, -0.25) is 9.59 Å². The van der Waals surface area contributed by atoms with Crippen molar-refractivity contribution < 1.29 is 28.5 Å². The van der Waals surface area contributed by atoms with Crippen molar-refractivity contribution in [3.63, 3.8) is 0 Å². The fourth-order valence-electron chi connectivity index (χ4n) is 1.97. The van der Waals surface area contributed by atoms with E-state index in [0.29, 0.717) is 37.4 Å². The molecule has 2 N–H and O–H groups in total. The molecule has 0 saturated heterocycles. The smallest absolute Gasteiger partial charge is 0.251 e. The second-order valence-electron chi connectivity index (χ2n) is 6.58. The lowest BCUT2D eigenvalue weighted by atomic mass is 10.1. The summed E-state index contributed by atoms with van der Waals surface area (Å²) in [7, 11) is 0. The highest BCUT2D eigenvalue weighted by Crippen LogP contribution is 2.05. The number of carbonyl (C=O) groups excluding carboxylic acids is 2. The number of hydrogen-bond donors (Lipinski definition) is 2. The van der Waals surface area contributed by atoms with Gasteiger partial charge in [0.2, 0.25) is 0 Å². The Balaban J connectivity index is 2.31. The van der Waals surface area contributed by atoms with E-state index in [1.807, 2.05) is 27.7 Å². The van der Waals surface area contributed by atoms with Gasteiger partial charge in [0.15, 0.2) is 0 Å². The lowest BCUT2D eigenvalue weighted by molar-refractivity contribution is -0.0771. The van der Waals surface area contributed by atoms with Gasteiger partial charge in [0, 0.05) is 24.2 Å². The number of rotatable bonds is 14. The van der Waals surface area contributed by atoms with Crippen LogP contribution < -0.4 is 10.6 Å². The maximum Gasteiger partial charge on any atom is 0.251 e. The average molecular weight is 396 g/mol. The van der Waals surface area contributed by atoms with E-state index in [0.717, 1.165) is 0 Å². The second-order valence-corrected chi connectivity index (χ2v) is 6.58. The monoisotopic (exact) mass is 396 g/mol. The molecule has 0 radical (unpaired) electrons. The molecule has 0 aliphatic carbocycles. The standard InChI is InChI=1S/C20H32N2O6/c1-15(2)27-13-25-10-8-21-19(23)17-6-5-7-18(12-17)20(24)22-9-11-26-14-28-16(3)4/h5-7,12,15-16H,8-11,13-14H2,1-4H3,(H,21,23)(H,22,24).